The van der Waals surface area contributed by atoms with Gasteiger partial charge < -0.3 is 19.9 Å². The lowest BCUT2D eigenvalue weighted by Crippen LogP contribution is -2.33. The van der Waals surface area contributed by atoms with Gasteiger partial charge in [-0.05, 0) is 19.3 Å². The van der Waals surface area contributed by atoms with Crippen LogP contribution in [0.4, 0.5) is 0 Å². The number of rotatable bonds is 9. The largest absolute Gasteiger partial charge is 0.389 e. The van der Waals surface area contributed by atoms with Gasteiger partial charge in [0.05, 0.1) is 37.1 Å². The zero-order chi connectivity index (χ0) is 14.2. The minimum absolute atomic E-state index is 0.381. The molecule has 5 nitrogen and oxygen atoms in total. The van der Waals surface area contributed by atoms with Crippen LogP contribution in [-0.4, -0.2) is 55.7 Å². The number of nitrogens with zero attached hydrogens (tertiary/aromatic N) is 1. The number of hydrogen-bond donors (Lipinski definition) is 2. The van der Waals surface area contributed by atoms with Crippen LogP contribution in [0.15, 0.2) is 5.51 Å². The molecule has 0 bridgehead atoms. The number of thiazole rings is 1. The second kappa shape index (κ2) is 8.69. The second-order valence-corrected chi connectivity index (χ2v) is 6.17. The van der Waals surface area contributed by atoms with Gasteiger partial charge >= 0.3 is 0 Å². The summed E-state index contributed by atoms with van der Waals surface area (Å²) >= 11 is 1.66. The number of aryl methyl sites for hydroxylation is 1. The Balaban J connectivity index is 1.47. The van der Waals surface area contributed by atoms with Crippen molar-refractivity contribution in [1.29, 1.82) is 0 Å². The van der Waals surface area contributed by atoms with Crippen LogP contribution in [0.2, 0.25) is 0 Å². The van der Waals surface area contributed by atoms with E-state index in [-0.39, 0.29) is 0 Å². The Hall–Kier alpha value is -0.530. The average Bonchev–Trinajstić information content (AvgIpc) is 3.07. The molecule has 20 heavy (non-hydrogen) atoms. The first-order valence-electron chi connectivity index (χ1n) is 7.19. The quantitative estimate of drug-likeness (QED) is 0.666. The molecule has 2 N–H and O–H groups in total. The third kappa shape index (κ3) is 5.46. The van der Waals surface area contributed by atoms with Gasteiger partial charge in [0.25, 0.3) is 0 Å². The normalized spacial score (nSPS) is 20.4. The van der Waals surface area contributed by atoms with Crippen molar-refractivity contribution in [3.05, 3.63) is 16.1 Å². The van der Waals surface area contributed by atoms with Crippen LogP contribution in [0.25, 0.3) is 0 Å². The molecular formula is C14H24N2O3S. The van der Waals surface area contributed by atoms with Crippen molar-refractivity contribution in [2.45, 2.75) is 25.9 Å². The fourth-order valence-corrected chi connectivity index (χ4v) is 2.97. The van der Waals surface area contributed by atoms with Crippen molar-refractivity contribution < 1.29 is 14.6 Å². The summed E-state index contributed by atoms with van der Waals surface area (Å²) in [6, 6.07) is 0. The molecule has 0 aliphatic carbocycles. The van der Waals surface area contributed by atoms with Crippen molar-refractivity contribution >= 4 is 11.3 Å². The molecule has 2 unspecified atom stereocenters. The molecule has 1 aromatic rings. The van der Waals surface area contributed by atoms with Crippen molar-refractivity contribution in [3.8, 4) is 0 Å². The van der Waals surface area contributed by atoms with Crippen LogP contribution in [0.3, 0.4) is 0 Å². The Morgan fingerprint density at radius 1 is 1.65 bits per heavy atom. The van der Waals surface area contributed by atoms with Crippen LogP contribution < -0.4 is 5.32 Å². The molecule has 2 atom stereocenters. The first-order valence-corrected chi connectivity index (χ1v) is 8.07. The van der Waals surface area contributed by atoms with Crippen LogP contribution >= 0.6 is 11.3 Å². The monoisotopic (exact) mass is 300 g/mol. The van der Waals surface area contributed by atoms with Crippen molar-refractivity contribution in [3.63, 3.8) is 0 Å². The van der Waals surface area contributed by atoms with Gasteiger partial charge in [-0.15, -0.1) is 11.3 Å². The van der Waals surface area contributed by atoms with E-state index in [4.69, 9.17) is 9.47 Å². The molecule has 2 heterocycles. The molecule has 0 radical (unpaired) electrons. The lowest BCUT2D eigenvalue weighted by atomic mass is 10.1. The maximum Gasteiger partial charge on any atom is 0.0897 e. The molecule has 0 spiro atoms. The van der Waals surface area contributed by atoms with Crippen LogP contribution in [0, 0.1) is 12.8 Å². The molecule has 6 heteroatoms. The predicted octanol–water partition coefficient (Wildman–Crippen LogP) is 0.998. The second-order valence-electron chi connectivity index (χ2n) is 5.23. The summed E-state index contributed by atoms with van der Waals surface area (Å²) < 4.78 is 10.8. The van der Waals surface area contributed by atoms with Gasteiger partial charge in [0.15, 0.2) is 0 Å². The third-order valence-corrected chi connectivity index (χ3v) is 4.46. The van der Waals surface area contributed by atoms with E-state index in [1.54, 1.807) is 11.3 Å². The minimum atomic E-state index is -0.445. The number of aliphatic hydroxyl groups excluding tert-OH is 1. The highest BCUT2D eigenvalue weighted by molar-refractivity contribution is 7.09. The SMILES string of the molecule is Cc1ncsc1CCOCC(O)CNCC1CCOC1. The van der Waals surface area contributed by atoms with Crippen LogP contribution in [0.1, 0.15) is 17.0 Å². The first kappa shape index (κ1) is 15.9. The molecule has 1 aromatic heterocycles. The Bertz CT molecular complexity index is 380. The highest BCUT2D eigenvalue weighted by atomic mass is 32.1. The predicted molar refractivity (Wildman–Crippen MR) is 79.2 cm³/mol. The highest BCUT2D eigenvalue weighted by Crippen LogP contribution is 2.12. The number of hydrogen-bond acceptors (Lipinski definition) is 6. The van der Waals surface area contributed by atoms with Gasteiger partial charge in [0.2, 0.25) is 0 Å². The zero-order valence-electron chi connectivity index (χ0n) is 12.0. The molecule has 1 saturated heterocycles. The van der Waals surface area contributed by atoms with Crippen molar-refractivity contribution in [2.24, 2.45) is 5.92 Å². The minimum Gasteiger partial charge on any atom is -0.389 e. The Morgan fingerprint density at radius 2 is 2.55 bits per heavy atom. The molecule has 2 rings (SSSR count). The van der Waals surface area contributed by atoms with Gasteiger partial charge in [0.1, 0.15) is 0 Å². The van der Waals surface area contributed by atoms with Gasteiger partial charge in [-0.25, -0.2) is 4.98 Å². The topological polar surface area (TPSA) is 63.6 Å². The zero-order valence-corrected chi connectivity index (χ0v) is 12.8. The lowest BCUT2D eigenvalue weighted by molar-refractivity contribution is 0.0380. The molecule has 1 aliphatic rings. The van der Waals surface area contributed by atoms with E-state index >= 15 is 0 Å². The standard InChI is InChI=1S/C14H24N2O3S/c1-11-14(20-10-16-11)3-5-19-9-13(17)7-15-6-12-2-4-18-8-12/h10,12-13,15,17H,2-9H2,1H3. The maximum absolute atomic E-state index is 9.81. The summed E-state index contributed by atoms with van der Waals surface area (Å²) in [4.78, 5) is 5.46. The summed E-state index contributed by atoms with van der Waals surface area (Å²) in [6.07, 6.45) is 1.55. The number of aromatic nitrogens is 1. The molecule has 0 amide bonds. The van der Waals surface area contributed by atoms with Gasteiger partial charge in [0, 0.05) is 31.0 Å². The van der Waals surface area contributed by atoms with E-state index in [9.17, 15) is 5.11 Å². The van der Waals surface area contributed by atoms with E-state index in [1.165, 1.54) is 4.88 Å². The van der Waals surface area contributed by atoms with E-state index in [0.717, 1.165) is 38.3 Å². The lowest BCUT2D eigenvalue weighted by Gasteiger charge is -2.14. The summed E-state index contributed by atoms with van der Waals surface area (Å²) in [6.45, 7) is 6.23. The summed E-state index contributed by atoms with van der Waals surface area (Å²) in [5.41, 5.74) is 2.94. The van der Waals surface area contributed by atoms with Gasteiger partial charge in [-0.3, -0.25) is 0 Å². The van der Waals surface area contributed by atoms with E-state index in [2.05, 4.69) is 10.3 Å². The average molecular weight is 300 g/mol. The molecule has 0 aromatic carbocycles. The molecular weight excluding hydrogens is 276 g/mol. The highest BCUT2D eigenvalue weighted by Gasteiger charge is 2.15. The summed E-state index contributed by atoms with van der Waals surface area (Å²) in [5.74, 6) is 0.595. The van der Waals surface area contributed by atoms with Crippen molar-refractivity contribution in [2.75, 3.05) is 39.5 Å². The van der Waals surface area contributed by atoms with Crippen LogP contribution in [0.5, 0.6) is 0 Å². The Kier molecular flexibility index (Phi) is 6.89. The maximum atomic E-state index is 9.81. The Morgan fingerprint density at radius 3 is 3.25 bits per heavy atom. The number of ether oxygens (including phenoxy) is 2. The van der Waals surface area contributed by atoms with Gasteiger partial charge in [-0.1, -0.05) is 0 Å². The van der Waals surface area contributed by atoms with Crippen LogP contribution in [-0.2, 0) is 15.9 Å². The van der Waals surface area contributed by atoms with Crippen molar-refractivity contribution in [1.82, 2.24) is 10.3 Å². The summed E-state index contributed by atoms with van der Waals surface area (Å²) in [5, 5.41) is 13.1. The molecule has 114 valence electrons. The number of nitrogens with one attached hydrogen (secondary N) is 1. The van der Waals surface area contributed by atoms with E-state index < -0.39 is 6.10 Å². The fourth-order valence-electron chi connectivity index (χ4n) is 2.21. The smallest absolute Gasteiger partial charge is 0.0897 e. The van der Waals surface area contributed by atoms with E-state index in [0.29, 0.717) is 25.7 Å². The summed E-state index contributed by atoms with van der Waals surface area (Å²) in [7, 11) is 0. The molecule has 0 saturated carbocycles. The number of aliphatic hydroxyl groups is 1. The Labute approximate surface area is 124 Å². The molecule has 1 aliphatic heterocycles. The molecule has 1 fully saturated rings. The first-order chi connectivity index (χ1) is 9.75. The third-order valence-electron chi connectivity index (χ3n) is 3.47. The van der Waals surface area contributed by atoms with E-state index in [1.807, 2.05) is 12.4 Å². The van der Waals surface area contributed by atoms with Gasteiger partial charge in [-0.2, -0.15) is 0 Å². The fraction of sp³-hybridized carbons (Fsp3) is 0.786.